The Balaban J connectivity index is 2.44. The van der Waals surface area contributed by atoms with Crippen LogP contribution >= 0.6 is 0 Å². The van der Waals surface area contributed by atoms with Gasteiger partial charge >= 0.3 is 7.12 Å². The lowest BCUT2D eigenvalue weighted by Gasteiger charge is -2.32. The van der Waals surface area contributed by atoms with Crippen molar-refractivity contribution in [3.05, 3.63) is 11.4 Å². The summed E-state index contributed by atoms with van der Waals surface area (Å²) in [5.74, 6) is 0. The van der Waals surface area contributed by atoms with E-state index in [0.717, 1.165) is 16.9 Å². The second-order valence-electron chi connectivity index (χ2n) is 7.76. The molecule has 0 spiro atoms. The predicted octanol–water partition coefficient (Wildman–Crippen LogP) is 2.55. The molecule has 0 atom stereocenters. The van der Waals surface area contributed by atoms with Crippen LogP contribution in [0.4, 0.5) is 0 Å². The van der Waals surface area contributed by atoms with Gasteiger partial charge in [0.1, 0.15) is 0 Å². The summed E-state index contributed by atoms with van der Waals surface area (Å²) in [7, 11) is -0.337. The Labute approximate surface area is 123 Å². The molecule has 5 heteroatoms. The van der Waals surface area contributed by atoms with Crippen molar-refractivity contribution in [1.29, 1.82) is 0 Å². The summed E-state index contributed by atoms with van der Waals surface area (Å²) in [6.45, 7) is 18.9. The van der Waals surface area contributed by atoms with Crippen LogP contribution in [0.25, 0.3) is 0 Å². The SMILES string of the molecule is Cc1nn(C(C)(C)C)c(C)c1B1OC(C)(C)C(C)(C)O1. The van der Waals surface area contributed by atoms with Gasteiger partial charge in [-0.25, -0.2) is 0 Å². The topological polar surface area (TPSA) is 36.3 Å². The fourth-order valence-corrected chi connectivity index (χ4v) is 2.61. The predicted molar refractivity (Wildman–Crippen MR) is 82.4 cm³/mol. The van der Waals surface area contributed by atoms with Crippen molar-refractivity contribution in [2.75, 3.05) is 0 Å². The maximum atomic E-state index is 6.16. The molecule has 4 nitrogen and oxygen atoms in total. The van der Waals surface area contributed by atoms with E-state index in [1.165, 1.54) is 0 Å². The van der Waals surface area contributed by atoms with E-state index < -0.39 is 0 Å². The lowest BCUT2D eigenvalue weighted by atomic mass is 9.77. The lowest BCUT2D eigenvalue weighted by molar-refractivity contribution is 0.00578. The molecule has 1 fully saturated rings. The number of aromatic nitrogens is 2. The second-order valence-corrected chi connectivity index (χ2v) is 7.76. The normalized spacial score (nSPS) is 21.6. The van der Waals surface area contributed by atoms with Gasteiger partial charge in [-0.3, -0.25) is 4.68 Å². The third-order valence-electron chi connectivity index (χ3n) is 4.47. The van der Waals surface area contributed by atoms with Crippen molar-refractivity contribution in [2.45, 2.75) is 79.1 Å². The fourth-order valence-electron chi connectivity index (χ4n) is 2.61. The van der Waals surface area contributed by atoms with Gasteiger partial charge in [0.05, 0.1) is 22.4 Å². The van der Waals surface area contributed by atoms with Gasteiger partial charge in [0.2, 0.25) is 0 Å². The number of hydrogen-bond donors (Lipinski definition) is 0. The zero-order valence-electron chi connectivity index (χ0n) is 14.3. The molecule has 112 valence electrons. The molecule has 0 N–H and O–H groups in total. The summed E-state index contributed by atoms with van der Waals surface area (Å²) >= 11 is 0. The maximum absolute atomic E-state index is 6.16. The van der Waals surface area contributed by atoms with Gasteiger partial charge in [0, 0.05) is 11.2 Å². The maximum Gasteiger partial charge on any atom is 0.498 e. The number of nitrogens with zero attached hydrogens (tertiary/aromatic N) is 2. The van der Waals surface area contributed by atoms with Gasteiger partial charge in [-0.2, -0.15) is 5.10 Å². The van der Waals surface area contributed by atoms with Crippen LogP contribution in [0.5, 0.6) is 0 Å². The van der Waals surface area contributed by atoms with Crippen LogP contribution < -0.4 is 5.46 Å². The molecule has 1 aliphatic rings. The minimum absolute atomic E-state index is 0.0449. The smallest absolute Gasteiger partial charge is 0.399 e. The Kier molecular flexibility index (Phi) is 3.38. The van der Waals surface area contributed by atoms with E-state index in [0.29, 0.717) is 0 Å². The van der Waals surface area contributed by atoms with Crippen molar-refractivity contribution in [3.8, 4) is 0 Å². The third-order valence-corrected chi connectivity index (χ3v) is 4.47. The molecule has 0 radical (unpaired) electrons. The monoisotopic (exact) mass is 278 g/mol. The standard InChI is InChI=1S/C15H27BN2O2/c1-10-12(11(2)18(17-10)13(3,4)5)16-19-14(6,7)15(8,9)20-16/h1-9H3. The first-order chi connectivity index (χ1) is 8.87. The highest BCUT2D eigenvalue weighted by Gasteiger charge is 2.53. The summed E-state index contributed by atoms with van der Waals surface area (Å²) < 4.78 is 14.4. The van der Waals surface area contributed by atoms with E-state index in [1.807, 2.05) is 6.92 Å². The molecule has 2 heterocycles. The highest BCUT2D eigenvalue weighted by atomic mass is 16.7. The Morgan fingerprint density at radius 1 is 1.00 bits per heavy atom. The first kappa shape index (κ1) is 15.6. The average molecular weight is 278 g/mol. The quantitative estimate of drug-likeness (QED) is 0.741. The first-order valence-corrected chi connectivity index (χ1v) is 7.29. The molecule has 0 bridgehead atoms. The average Bonchev–Trinajstić information content (AvgIpc) is 2.61. The summed E-state index contributed by atoms with van der Waals surface area (Å²) in [5.41, 5.74) is 2.49. The second kappa shape index (κ2) is 4.34. The molecule has 0 aromatic carbocycles. The highest BCUT2D eigenvalue weighted by Crippen LogP contribution is 2.37. The molecular weight excluding hydrogens is 251 g/mol. The Hall–Kier alpha value is -0.805. The molecule has 0 saturated carbocycles. The Morgan fingerprint density at radius 2 is 1.45 bits per heavy atom. The van der Waals surface area contributed by atoms with Crippen molar-refractivity contribution >= 4 is 12.6 Å². The van der Waals surface area contributed by atoms with Crippen molar-refractivity contribution in [2.24, 2.45) is 0 Å². The van der Waals surface area contributed by atoms with Crippen LogP contribution in [0.2, 0.25) is 0 Å². The largest absolute Gasteiger partial charge is 0.498 e. The van der Waals surface area contributed by atoms with E-state index in [-0.39, 0.29) is 23.9 Å². The molecule has 1 aromatic heterocycles. The zero-order chi connectivity index (χ0) is 15.5. The van der Waals surface area contributed by atoms with E-state index in [1.54, 1.807) is 0 Å². The molecule has 1 aromatic rings. The molecular formula is C15H27BN2O2. The fraction of sp³-hybridized carbons (Fsp3) is 0.800. The molecule has 1 saturated heterocycles. The molecule has 0 amide bonds. The van der Waals surface area contributed by atoms with Gasteiger partial charge in [-0.15, -0.1) is 0 Å². The van der Waals surface area contributed by atoms with Crippen molar-refractivity contribution in [1.82, 2.24) is 9.78 Å². The van der Waals surface area contributed by atoms with Crippen LogP contribution in [0.1, 0.15) is 59.9 Å². The summed E-state index contributed by atoms with van der Waals surface area (Å²) in [4.78, 5) is 0. The van der Waals surface area contributed by atoms with E-state index in [2.05, 4.69) is 65.2 Å². The van der Waals surface area contributed by atoms with Gasteiger partial charge in [-0.05, 0) is 62.3 Å². The van der Waals surface area contributed by atoms with Crippen LogP contribution in [0.15, 0.2) is 0 Å². The molecule has 1 aliphatic heterocycles. The van der Waals surface area contributed by atoms with Gasteiger partial charge in [-0.1, -0.05) is 0 Å². The van der Waals surface area contributed by atoms with Gasteiger partial charge in [0.25, 0.3) is 0 Å². The van der Waals surface area contributed by atoms with Crippen LogP contribution in [-0.2, 0) is 14.8 Å². The minimum Gasteiger partial charge on any atom is -0.399 e. The summed E-state index contributed by atoms with van der Waals surface area (Å²) in [6, 6.07) is 0. The molecule has 0 aliphatic carbocycles. The molecule has 20 heavy (non-hydrogen) atoms. The van der Waals surface area contributed by atoms with Gasteiger partial charge < -0.3 is 9.31 Å². The molecule has 0 unspecified atom stereocenters. The minimum atomic E-state index is -0.337. The van der Waals surface area contributed by atoms with E-state index in [4.69, 9.17) is 9.31 Å². The zero-order valence-corrected chi connectivity index (χ0v) is 14.3. The number of aryl methyl sites for hydroxylation is 1. The van der Waals surface area contributed by atoms with Crippen LogP contribution in [-0.4, -0.2) is 28.1 Å². The molecule has 2 rings (SSSR count). The number of hydrogen-bond acceptors (Lipinski definition) is 3. The Morgan fingerprint density at radius 3 is 1.80 bits per heavy atom. The highest BCUT2D eigenvalue weighted by molar-refractivity contribution is 6.63. The van der Waals surface area contributed by atoms with E-state index >= 15 is 0 Å². The first-order valence-electron chi connectivity index (χ1n) is 7.29. The third kappa shape index (κ3) is 2.31. The van der Waals surface area contributed by atoms with Crippen molar-refractivity contribution in [3.63, 3.8) is 0 Å². The number of rotatable bonds is 1. The summed E-state index contributed by atoms with van der Waals surface area (Å²) in [5, 5.41) is 4.68. The van der Waals surface area contributed by atoms with Crippen LogP contribution in [0, 0.1) is 13.8 Å². The van der Waals surface area contributed by atoms with Crippen molar-refractivity contribution < 1.29 is 9.31 Å². The van der Waals surface area contributed by atoms with Crippen LogP contribution in [0.3, 0.4) is 0 Å². The Bertz CT molecular complexity index is 511. The van der Waals surface area contributed by atoms with Gasteiger partial charge in [0.15, 0.2) is 0 Å². The lowest BCUT2D eigenvalue weighted by Crippen LogP contribution is -2.41. The van der Waals surface area contributed by atoms with E-state index in [9.17, 15) is 0 Å². The summed E-state index contributed by atoms with van der Waals surface area (Å²) in [6.07, 6.45) is 0.